The average molecular weight is 319 g/mol. The Morgan fingerprint density at radius 3 is 2.04 bits per heavy atom. The van der Waals surface area contributed by atoms with Crippen LogP contribution < -0.4 is 5.32 Å². The molecule has 1 heteroatoms. The number of allylic oxidation sites excluding steroid dienone is 1. The molecule has 0 atom stereocenters. The zero-order valence-corrected chi connectivity index (χ0v) is 14.8. The molecule has 0 radical (unpaired) electrons. The molecule has 1 nitrogen and oxygen atoms in total. The molecule has 0 aromatic heterocycles. The van der Waals surface area contributed by atoms with Crippen LogP contribution in [-0.4, -0.2) is 6.54 Å². The third kappa shape index (κ3) is 4.08. The van der Waals surface area contributed by atoms with Gasteiger partial charge in [0.05, 0.1) is 0 Å². The van der Waals surface area contributed by atoms with Crippen LogP contribution in [0, 0.1) is 5.92 Å². The van der Waals surface area contributed by atoms with E-state index in [2.05, 4.69) is 73.4 Å². The molecule has 2 aromatic carbocycles. The van der Waals surface area contributed by atoms with E-state index in [9.17, 15) is 0 Å². The average Bonchev–Trinajstić information content (AvgIpc) is 2.67. The Morgan fingerprint density at radius 1 is 0.917 bits per heavy atom. The first-order valence-electron chi connectivity index (χ1n) is 9.37. The van der Waals surface area contributed by atoms with Gasteiger partial charge in [-0.1, -0.05) is 49.4 Å². The molecule has 0 spiro atoms. The molecule has 2 aromatic rings. The van der Waals surface area contributed by atoms with Gasteiger partial charge in [-0.2, -0.15) is 0 Å². The van der Waals surface area contributed by atoms with E-state index in [1.54, 1.807) is 0 Å². The summed E-state index contributed by atoms with van der Waals surface area (Å²) in [6.07, 6.45) is 8.47. The highest BCUT2D eigenvalue weighted by Crippen LogP contribution is 2.36. The number of benzene rings is 2. The van der Waals surface area contributed by atoms with Crippen LogP contribution in [-0.2, 0) is 0 Å². The fourth-order valence-corrected chi connectivity index (χ4v) is 3.69. The molecule has 0 saturated heterocycles. The van der Waals surface area contributed by atoms with Crippen LogP contribution in [0.1, 0.15) is 50.5 Å². The van der Waals surface area contributed by atoms with E-state index >= 15 is 0 Å². The zero-order valence-electron chi connectivity index (χ0n) is 14.8. The van der Waals surface area contributed by atoms with Crippen molar-refractivity contribution in [1.82, 2.24) is 0 Å². The lowest BCUT2D eigenvalue weighted by Gasteiger charge is -2.27. The Bertz CT molecular complexity index is 631. The second-order valence-corrected chi connectivity index (χ2v) is 6.97. The maximum Gasteiger partial charge on any atom is 0.0340 e. The second-order valence-electron chi connectivity index (χ2n) is 6.97. The van der Waals surface area contributed by atoms with Gasteiger partial charge in [-0.15, -0.1) is 6.58 Å². The van der Waals surface area contributed by atoms with E-state index in [0.29, 0.717) is 0 Å². The van der Waals surface area contributed by atoms with Crippen molar-refractivity contribution in [3.05, 3.63) is 66.7 Å². The summed E-state index contributed by atoms with van der Waals surface area (Å²) >= 11 is 0. The first-order chi connectivity index (χ1) is 11.8. The van der Waals surface area contributed by atoms with Crippen molar-refractivity contribution in [3.8, 4) is 11.1 Å². The van der Waals surface area contributed by atoms with Gasteiger partial charge in [-0.25, -0.2) is 0 Å². The van der Waals surface area contributed by atoms with Crippen LogP contribution in [0.5, 0.6) is 0 Å². The summed E-state index contributed by atoms with van der Waals surface area (Å²) in [5.74, 6) is 1.47. The summed E-state index contributed by atoms with van der Waals surface area (Å²) in [5, 5.41) is 3.43. The summed E-state index contributed by atoms with van der Waals surface area (Å²) in [6.45, 7) is 7.16. The highest BCUT2D eigenvalue weighted by Gasteiger charge is 2.20. The maximum atomic E-state index is 3.95. The lowest BCUT2D eigenvalue weighted by molar-refractivity contribution is 0.376. The molecule has 3 rings (SSSR count). The van der Waals surface area contributed by atoms with E-state index in [1.165, 1.54) is 48.1 Å². The first-order valence-corrected chi connectivity index (χ1v) is 9.37. The third-order valence-electron chi connectivity index (χ3n) is 5.28. The zero-order chi connectivity index (χ0) is 16.8. The summed E-state index contributed by atoms with van der Waals surface area (Å²) in [7, 11) is 0. The largest absolute Gasteiger partial charge is 0.385 e. The summed E-state index contributed by atoms with van der Waals surface area (Å²) < 4.78 is 0. The molecule has 0 heterocycles. The first kappa shape index (κ1) is 16.8. The molecule has 1 saturated carbocycles. The quantitative estimate of drug-likeness (QED) is 0.589. The molecule has 126 valence electrons. The van der Waals surface area contributed by atoms with E-state index in [4.69, 9.17) is 0 Å². The van der Waals surface area contributed by atoms with Gasteiger partial charge in [0.2, 0.25) is 0 Å². The lowest BCUT2D eigenvalue weighted by atomic mass is 9.78. The van der Waals surface area contributed by atoms with Crippen LogP contribution in [0.4, 0.5) is 5.69 Å². The predicted molar refractivity (Wildman–Crippen MR) is 106 cm³/mol. The molecule has 1 aliphatic carbocycles. The number of nitrogens with one attached hydrogen (secondary N) is 1. The Hall–Kier alpha value is -2.02. The van der Waals surface area contributed by atoms with Crippen LogP contribution in [0.15, 0.2) is 61.2 Å². The Balaban J connectivity index is 1.65. The van der Waals surface area contributed by atoms with Gasteiger partial charge in [-0.3, -0.25) is 0 Å². The third-order valence-corrected chi connectivity index (χ3v) is 5.28. The lowest BCUT2D eigenvalue weighted by Crippen LogP contribution is -2.11. The highest BCUT2D eigenvalue weighted by atomic mass is 14.9. The van der Waals surface area contributed by atoms with E-state index in [-0.39, 0.29) is 0 Å². The molecule has 0 aliphatic heterocycles. The van der Waals surface area contributed by atoms with Gasteiger partial charge in [0.25, 0.3) is 0 Å². The summed E-state index contributed by atoms with van der Waals surface area (Å²) in [4.78, 5) is 0. The van der Waals surface area contributed by atoms with E-state index in [0.717, 1.165) is 24.8 Å². The van der Waals surface area contributed by atoms with Gasteiger partial charge in [-0.05, 0) is 72.8 Å². The standard InChI is InChI=1S/C23H29N/c1-3-17-24-23-15-13-22(14-16-23)21-11-9-20(10-12-21)19-7-5-18(4-2)6-8-19/h4,9-16,18-19,24H,2-3,5-8,17H2,1H3. The van der Waals surface area contributed by atoms with Crippen LogP contribution >= 0.6 is 0 Å². The molecule has 1 N–H and O–H groups in total. The smallest absolute Gasteiger partial charge is 0.0340 e. The van der Waals surface area contributed by atoms with Crippen molar-refractivity contribution in [2.24, 2.45) is 5.92 Å². The number of hydrogen-bond donors (Lipinski definition) is 1. The predicted octanol–water partition coefficient (Wildman–Crippen LogP) is 6.64. The van der Waals surface area contributed by atoms with Crippen molar-refractivity contribution in [3.63, 3.8) is 0 Å². The van der Waals surface area contributed by atoms with Gasteiger partial charge in [0.15, 0.2) is 0 Å². The molecule has 0 unspecified atom stereocenters. The van der Waals surface area contributed by atoms with Crippen LogP contribution in [0.3, 0.4) is 0 Å². The molecular formula is C23H29N. The maximum absolute atomic E-state index is 3.95. The van der Waals surface area contributed by atoms with Crippen LogP contribution in [0.2, 0.25) is 0 Å². The Labute approximate surface area is 146 Å². The monoisotopic (exact) mass is 319 g/mol. The minimum Gasteiger partial charge on any atom is -0.385 e. The topological polar surface area (TPSA) is 12.0 Å². The summed E-state index contributed by atoms with van der Waals surface area (Å²) in [6, 6.07) is 18.0. The van der Waals surface area contributed by atoms with Gasteiger partial charge >= 0.3 is 0 Å². The van der Waals surface area contributed by atoms with Crippen molar-refractivity contribution in [2.75, 3.05) is 11.9 Å². The second kappa shape index (κ2) is 8.19. The Kier molecular flexibility index (Phi) is 5.74. The van der Waals surface area contributed by atoms with Crippen LogP contribution in [0.25, 0.3) is 11.1 Å². The van der Waals surface area contributed by atoms with Crippen molar-refractivity contribution >= 4 is 5.69 Å². The molecule has 1 fully saturated rings. The van der Waals surface area contributed by atoms with Gasteiger partial charge < -0.3 is 5.32 Å². The molecular weight excluding hydrogens is 290 g/mol. The normalized spacial score (nSPS) is 20.5. The number of rotatable bonds is 6. The van der Waals surface area contributed by atoms with Gasteiger partial charge in [0.1, 0.15) is 0 Å². The van der Waals surface area contributed by atoms with Crippen molar-refractivity contribution in [2.45, 2.75) is 44.9 Å². The van der Waals surface area contributed by atoms with E-state index in [1.807, 2.05) is 0 Å². The number of hydrogen-bond acceptors (Lipinski definition) is 1. The Morgan fingerprint density at radius 2 is 1.50 bits per heavy atom. The SMILES string of the molecule is C=CC1CCC(c2ccc(-c3ccc(NCCC)cc3)cc2)CC1. The number of anilines is 1. The van der Waals surface area contributed by atoms with E-state index < -0.39 is 0 Å². The van der Waals surface area contributed by atoms with Gasteiger partial charge in [0, 0.05) is 12.2 Å². The van der Waals surface area contributed by atoms with Crippen molar-refractivity contribution in [1.29, 1.82) is 0 Å². The minimum absolute atomic E-state index is 0.732. The fraction of sp³-hybridized carbons (Fsp3) is 0.391. The minimum atomic E-state index is 0.732. The van der Waals surface area contributed by atoms with Crippen molar-refractivity contribution < 1.29 is 0 Å². The summed E-state index contributed by atoms with van der Waals surface area (Å²) in [5.41, 5.74) is 5.30. The molecule has 1 aliphatic rings. The molecule has 0 amide bonds. The highest BCUT2D eigenvalue weighted by molar-refractivity contribution is 5.66. The molecule has 24 heavy (non-hydrogen) atoms. The fourth-order valence-electron chi connectivity index (χ4n) is 3.69. The molecule has 0 bridgehead atoms.